The van der Waals surface area contributed by atoms with Gasteiger partial charge < -0.3 is 14.7 Å². The molecule has 0 atom stereocenters. The van der Waals surface area contributed by atoms with Gasteiger partial charge in [0, 0.05) is 31.7 Å². The van der Waals surface area contributed by atoms with Crippen molar-refractivity contribution >= 4 is 0 Å². The lowest BCUT2D eigenvalue weighted by molar-refractivity contribution is 0.112. The maximum absolute atomic E-state index is 5.90. The predicted octanol–water partition coefficient (Wildman–Crippen LogP) is 1.50. The molecule has 1 aliphatic rings. The molecule has 4 rings (SSSR count). The van der Waals surface area contributed by atoms with Gasteiger partial charge >= 0.3 is 0 Å². The molecule has 0 amide bonds. The van der Waals surface area contributed by atoms with Gasteiger partial charge in [-0.05, 0) is 0 Å². The third-order valence-corrected chi connectivity index (χ3v) is 4.49. The van der Waals surface area contributed by atoms with Crippen LogP contribution in [0.3, 0.4) is 0 Å². The van der Waals surface area contributed by atoms with E-state index in [4.69, 9.17) is 14.7 Å². The number of benzene rings is 1. The van der Waals surface area contributed by atoms with Gasteiger partial charge in [0.1, 0.15) is 0 Å². The second-order valence-corrected chi connectivity index (χ2v) is 6.35. The zero-order valence-corrected chi connectivity index (χ0v) is 14.5. The van der Waals surface area contributed by atoms with E-state index < -0.39 is 0 Å². The molecular formula is C18H22N6O2. The normalized spacial score (nSPS) is 16.2. The van der Waals surface area contributed by atoms with Crippen LogP contribution in [0.2, 0.25) is 0 Å². The monoisotopic (exact) mass is 354 g/mol. The van der Waals surface area contributed by atoms with Crippen molar-refractivity contribution in [1.82, 2.24) is 24.9 Å². The summed E-state index contributed by atoms with van der Waals surface area (Å²) in [4.78, 5) is 13.3. The number of nitrogens with zero attached hydrogens (tertiary/aromatic N) is 5. The second kappa shape index (κ2) is 7.77. The van der Waals surface area contributed by atoms with Crippen molar-refractivity contribution in [1.29, 1.82) is 0 Å². The van der Waals surface area contributed by atoms with E-state index in [1.54, 1.807) is 6.20 Å². The Morgan fingerprint density at radius 3 is 2.38 bits per heavy atom. The van der Waals surface area contributed by atoms with E-state index in [1.165, 1.54) is 0 Å². The van der Waals surface area contributed by atoms with Gasteiger partial charge in [-0.1, -0.05) is 35.5 Å². The highest BCUT2D eigenvalue weighted by molar-refractivity contribution is 5.55. The lowest BCUT2D eigenvalue weighted by atomic mass is 10.2. The number of oxazole rings is 1. The first kappa shape index (κ1) is 16.9. The van der Waals surface area contributed by atoms with E-state index in [0.717, 1.165) is 49.9 Å². The first-order valence-corrected chi connectivity index (χ1v) is 8.76. The van der Waals surface area contributed by atoms with Crippen molar-refractivity contribution in [3.63, 3.8) is 0 Å². The Hall–Kier alpha value is -2.55. The van der Waals surface area contributed by atoms with Gasteiger partial charge in [0.25, 0.3) is 0 Å². The molecule has 3 aromatic rings. The van der Waals surface area contributed by atoms with Gasteiger partial charge in [-0.15, -0.1) is 0 Å². The van der Waals surface area contributed by atoms with E-state index >= 15 is 0 Å². The number of aromatic nitrogens is 3. The summed E-state index contributed by atoms with van der Waals surface area (Å²) in [6, 6.07) is 10.0. The second-order valence-electron chi connectivity index (χ2n) is 6.35. The minimum absolute atomic E-state index is 0.280. The van der Waals surface area contributed by atoms with Crippen molar-refractivity contribution in [2.24, 2.45) is 5.73 Å². The number of piperazine rings is 1. The summed E-state index contributed by atoms with van der Waals surface area (Å²) in [6.45, 7) is 5.48. The van der Waals surface area contributed by atoms with Crippen molar-refractivity contribution in [3.05, 3.63) is 54.1 Å². The largest absolute Gasteiger partial charge is 0.439 e. The molecule has 1 aliphatic heterocycles. The minimum Gasteiger partial charge on any atom is -0.439 e. The van der Waals surface area contributed by atoms with Crippen LogP contribution in [0.15, 0.2) is 45.5 Å². The highest BCUT2D eigenvalue weighted by Gasteiger charge is 2.20. The molecule has 2 N–H and O–H groups in total. The molecule has 1 fully saturated rings. The van der Waals surface area contributed by atoms with Crippen molar-refractivity contribution in [2.45, 2.75) is 19.6 Å². The Morgan fingerprint density at radius 2 is 1.69 bits per heavy atom. The van der Waals surface area contributed by atoms with E-state index in [-0.39, 0.29) is 6.54 Å². The maximum atomic E-state index is 5.90. The fourth-order valence-corrected chi connectivity index (χ4v) is 3.05. The quantitative estimate of drug-likeness (QED) is 0.711. The Kier molecular flexibility index (Phi) is 5.05. The third kappa shape index (κ3) is 3.98. The van der Waals surface area contributed by atoms with Crippen LogP contribution in [0.4, 0.5) is 0 Å². The molecule has 2 aromatic heterocycles. The number of hydrogen-bond acceptors (Lipinski definition) is 8. The molecule has 0 saturated carbocycles. The van der Waals surface area contributed by atoms with E-state index in [9.17, 15) is 0 Å². The molecule has 0 bridgehead atoms. The fourth-order valence-electron chi connectivity index (χ4n) is 3.05. The van der Waals surface area contributed by atoms with Crippen LogP contribution in [-0.2, 0) is 19.6 Å². The maximum Gasteiger partial charge on any atom is 0.240 e. The SMILES string of the molecule is NCc1nc(CN2CCN(Cc3ncc(-c4ccccc4)o3)CC2)no1. The van der Waals surface area contributed by atoms with Gasteiger partial charge in [0.05, 0.1) is 25.8 Å². The molecule has 0 aliphatic carbocycles. The van der Waals surface area contributed by atoms with Gasteiger partial charge in [0.2, 0.25) is 11.8 Å². The van der Waals surface area contributed by atoms with Crippen LogP contribution in [0.25, 0.3) is 11.3 Å². The molecule has 0 radical (unpaired) electrons. The minimum atomic E-state index is 0.280. The summed E-state index contributed by atoms with van der Waals surface area (Å²) >= 11 is 0. The molecule has 8 heteroatoms. The lowest BCUT2D eigenvalue weighted by Crippen LogP contribution is -2.45. The van der Waals surface area contributed by atoms with E-state index in [1.807, 2.05) is 30.3 Å². The molecule has 136 valence electrons. The fraction of sp³-hybridized carbons (Fsp3) is 0.389. The smallest absolute Gasteiger partial charge is 0.240 e. The molecular weight excluding hydrogens is 332 g/mol. The number of nitrogens with two attached hydrogens (primary N) is 1. The predicted molar refractivity (Wildman–Crippen MR) is 94.7 cm³/mol. The van der Waals surface area contributed by atoms with Gasteiger partial charge in [0.15, 0.2) is 11.6 Å². The summed E-state index contributed by atoms with van der Waals surface area (Å²) in [6.07, 6.45) is 1.80. The average molecular weight is 354 g/mol. The van der Waals surface area contributed by atoms with Crippen LogP contribution in [0, 0.1) is 0 Å². The standard InChI is InChI=1S/C18H22N6O2/c19-10-17-21-16(22-26-17)12-23-6-8-24(9-7-23)13-18-20-11-15(25-18)14-4-2-1-3-5-14/h1-5,11H,6-10,12-13,19H2. The number of rotatable bonds is 6. The summed E-state index contributed by atoms with van der Waals surface area (Å²) < 4.78 is 10.9. The Balaban J connectivity index is 1.28. The summed E-state index contributed by atoms with van der Waals surface area (Å²) in [5.41, 5.74) is 6.54. The average Bonchev–Trinajstić information content (AvgIpc) is 3.33. The summed E-state index contributed by atoms with van der Waals surface area (Å²) in [5.74, 6) is 2.74. The van der Waals surface area contributed by atoms with Crippen LogP contribution in [0.5, 0.6) is 0 Å². The van der Waals surface area contributed by atoms with E-state index in [0.29, 0.717) is 18.3 Å². The highest BCUT2D eigenvalue weighted by atomic mass is 16.5. The summed E-state index contributed by atoms with van der Waals surface area (Å²) in [7, 11) is 0. The molecule has 1 aromatic carbocycles. The van der Waals surface area contributed by atoms with Crippen molar-refractivity contribution in [2.75, 3.05) is 26.2 Å². The Labute approximate surface area is 151 Å². The topological polar surface area (TPSA) is 97.5 Å². The highest BCUT2D eigenvalue weighted by Crippen LogP contribution is 2.20. The Bertz CT molecular complexity index is 823. The molecule has 8 nitrogen and oxygen atoms in total. The first-order valence-electron chi connectivity index (χ1n) is 8.76. The first-order chi connectivity index (χ1) is 12.8. The van der Waals surface area contributed by atoms with Crippen molar-refractivity contribution in [3.8, 4) is 11.3 Å². The van der Waals surface area contributed by atoms with Crippen LogP contribution >= 0.6 is 0 Å². The number of hydrogen-bond donors (Lipinski definition) is 1. The van der Waals surface area contributed by atoms with Gasteiger partial charge in [-0.3, -0.25) is 9.80 Å². The third-order valence-electron chi connectivity index (χ3n) is 4.49. The van der Waals surface area contributed by atoms with Crippen LogP contribution < -0.4 is 5.73 Å². The lowest BCUT2D eigenvalue weighted by Gasteiger charge is -2.33. The molecule has 1 saturated heterocycles. The van der Waals surface area contributed by atoms with Crippen LogP contribution in [-0.4, -0.2) is 51.1 Å². The molecule has 3 heterocycles. The van der Waals surface area contributed by atoms with Gasteiger partial charge in [-0.2, -0.15) is 4.98 Å². The zero-order valence-electron chi connectivity index (χ0n) is 14.5. The van der Waals surface area contributed by atoms with Gasteiger partial charge in [-0.25, -0.2) is 4.98 Å². The Morgan fingerprint density at radius 1 is 0.962 bits per heavy atom. The molecule has 26 heavy (non-hydrogen) atoms. The summed E-state index contributed by atoms with van der Waals surface area (Å²) in [5, 5.41) is 3.95. The van der Waals surface area contributed by atoms with Crippen molar-refractivity contribution < 1.29 is 8.94 Å². The van der Waals surface area contributed by atoms with E-state index in [2.05, 4.69) is 24.9 Å². The molecule has 0 spiro atoms. The molecule has 0 unspecified atom stereocenters. The van der Waals surface area contributed by atoms with Crippen LogP contribution in [0.1, 0.15) is 17.6 Å². The zero-order chi connectivity index (χ0) is 17.8.